The Morgan fingerprint density at radius 2 is 2.03 bits per heavy atom. The Balaban J connectivity index is 0.000000269. The summed E-state index contributed by atoms with van der Waals surface area (Å²) >= 11 is 2.08. The predicted molar refractivity (Wildman–Crippen MR) is 111 cm³/mol. The molecule has 2 aromatic heterocycles. The topological polar surface area (TPSA) is 66.9 Å². The van der Waals surface area contributed by atoms with E-state index in [-0.39, 0.29) is 31.7 Å². The molecule has 0 saturated carbocycles. The predicted octanol–water partition coefficient (Wildman–Crippen LogP) is 4.71. The van der Waals surface area contributed by atoms with Crippen LogP contribution in [0.2, 0.25) is 0 Å². The molecular formula is C19H20F5IN4O. The van der Waals surface area contributed by atoms with Gasteiger partial charge < -0.3 is 10.6 Å². The quantitative estimate of drug-likeness (QED) is 0.333. The van der Waals surface area contributed by atoms with Crippen LogP contribution in [-0.4, -0.2) is 41.3 Å². The lowest BCUT2D eigenvalue weighted by molar-refractivity contribution is -0.137. The van der Waals surface area contributed by atoms with Gasteiger partial charge in [-0.3, -0.25) is 4.79 Å². The summed E-state index contributed by atoms with van der Waals surface area (Å²) in [6.45, 7) is 2.27. The summed E-state index contributed by atoms with van der Waals surface area (Å²) in [5.74, 6) is -2.46. The molecule has 0 aromatic carbocycles. The Labute approximate surface area is 184 Å². The first-order valence-electron chi connectivity index (χ1n) is 8.97. The van der Waals surface area contributed by atoms with Crippen LogP contribution in [0.15, 0.2) is 30.5 Å². The smallest absolute Gasteiger partial charge is 0.369 e. The SMILES string of the molecule is Cc1ccc(I)c(C=O)n1.FC1(F)CCNC(CNc2ccc(C(F)(F)F)cn2)C1. The highest BCUT2D eigenvalue weighted by Crippen LogP contribution is 2.29. The van der Waals surface area contributed by atoms with Gasteiger partial charge in [-0.15, -0.1) is 0 Å². The second-order valence-corrected chi connectivity index (χ2v) is 7.87. The van der Waals surface area contributed by atoms with Gasteiger partial charge in [0.05, 0.1) is 5.56 Å². The van der Waals surface area contributed by atoms with Gasteiger partial charge in [0.15, 0.2) is 6.29 Å². The normalized spacial score (nSPS) is 18.2. The zero-order valence-corrected chi connectivity index (χ0v) is 18.1. The van der Waals surface area contributed by atoms with E-state index < -0.39 is 23.7 Å². The fourth-order valence-corrected chi connectivity index (χ4v) is 3.10. The fraction of sp³-hybridized carbons (Fsp3) is 0.421. The lowest BCUT2D eigenvalue weighted by Crippen LogP contribution is -2.47. The van der Waals surface area contributed by atoms with Crippen molar-refractivity contribution in [1.29, 1.82) is 0 Å². The summed E-state index contributed by atoms with van der Waals surface area (Å²) < 4.78 is 64.2. The van der Waals surface area contributed by atoms with Crippen LogP contribution in [0.5, 0.6) is 0 Å². The third kappa shape index (κ3) is 7.74. The first-order chi connectivity index (χ1) is 14.0. The van der Waals surface area contributed by atoms with Crippen LogP contribution < -0.4 is 10.6 Å². The largest absolute Gasteiger partial charge is 0.417 e. The van der Waals surface area contributed by atoms with Gasteiger partial charge in [-0.25, -0.2) is 18.7 Å². The summed E-state index contributed by atoms with van der Waals surface area (Å²) in [5, 5.41) is 5.69. The molecule has 3 rings (SSSR count). The van der Waals surface area contributed by atoms with Gasteiger partial charge in [0.1, 0.15) is 11.5 Å². The second-order valence-electron chi connectivity index (χ2n) is 6.71. The summed E-state index contributed by atoms with van der Waals surface area (Å²) in [6.07, 6.45) is -3.43. The van der Waals surface area contributed by atoms with Crippen molar-refractivity contribution in [3.8, 4) is 0 Å². The molecule has 0 amide bonds. The van der Waals surface area contributed by atoms with Crippen molar-refractivity contribution < 1.29 is 26.7 Å². The molecule has 1 saturated heterocycles. The van der Waals surface area contributed by atoms with Crippen LogP contribution in [0.4, 0.5) is 27.8 Å². The van der Waals surface area contributed by atoms with Crippen LogP contribution >= 0.6 is 22.6 Å². The summed E-state index contributed by atoms with van der Waals surface area (Å²) in [7, 11) is 0. The highest BCUT2D eigenvalue weighted by Gasteiger charge is 2.36. The number of pyridine rings is 2. The van der Waals surface area contributed by atoms with Gasteiger partial charge in [0.25, 0.3) is 5.92 Å². The highest BCUT2D eigenvalue weighted by atomic mass is 127. The van der Waals surface area contributed by atoms with Crippen LogP contribution in [0.3, 0.4) is 0 Å². The molecule has 2 aromatic rings. The standard InChI is InChI=1S/C12H14F5N3.C7H6INO/c13-11(14)3-4-18-9(5-11)7-20-10-2-1-8(6-19-10)12(15,16)17;1-5-2-3-6(8)7(4-10)9-5/h1-2,6,9,18H,3-5,7H2,(H,19,20);2-4H,1H3. The molecule has 1 atom stereocenters. The number of alkyl halides is 5. The minimum atomic E-state index is -4.43. The number of rotatable bonds is 4. The fourth-order valence-electron chi connectivity index (χ4n) is 2.67. The molecule has 11 heteroatoms. The monoisotopic (exact) mass is 542 g/mol. The number of anilines is 1. The van der Waals surface area contributed by atoms with E-state index in [2.05, 4.69) is 43.2 Å². The van der Waals surface area contributed by atoms with E-state index in [0.717, 1.165) is 21.6 Å². The van der Waals surface area contributed by atoms with Crippen LogP contribution in [-0.2, 0) is 6.18 Å². The Morgan fingerprint density at radius 1 is 1.30 bits per heavy atom. The number of hydrogen-bond acceptors (Lipinski definition) is 5. The molecule has 1 aliphatic rings. The molecule has 0 aliphatic carbocycles. The zero-order chi connectivity index (χ0) is 22.4. The third-order valence-corrected chi connectivity index (χ3v) is 5.13. The first-order valence-corrected chi connectivity index (χ1v) is 10.0. The second kappa shape index (κ2) is 10.4. The average Bonchev–Trinajstić information content (AvgIpc) is 2.68. The number of aryl methyl sites for hydroxylation is 1. The van der Waals surface area contributed by atoms with Gasteiger partial charge >= 0.3 is 6.18 Å². The van der Waals surface area contributed by atoms with Gasteiger partial charge in [0.2, 0.25) is 0 Å². The molecule has 5 nitrogen and oxygen atoms in total. The molecule has 1 aliphatic heterocycles. The molecule has 2 N–H and O–H groups in total. The number of carbonyl (C=O) groups excluding carboxylic acids is 1. The number of nitrogens with one attached hydrogen (secondary N) is 2. The molecule has 0 spiro atoms. The van der Waals surface area contributed by atoms with E-state index in [4.69, 9.17) is 0 Å². The lowest BCUT2D eigenvalue weighted by atomic mass is 10.0. The molecule has 0 bridgehead atoms. The van der Waals surface area contributed by atoms with Crippen LogP contribution in [0, 0.1) is 10.5 Å². The number of aromatic nitrogens is 2. The van der Waals surface area contributed by atoms with Crippen molar-refractivity contribution in [2.75, 3.05) is 18.4 Å². The van der Waals surface area contributed by atoms with Gasteiger partial charge in [0, 0.05) is 47.4 Å². The van der Waals surface area contributed by atoms with Crippen molar-refractivity contribution in [3.63, 3.8) is 0 Å². The van der Waals surface area contributed by atoms with E-state index in [0.29, 0.717) is 11.9 Å². The first kappa shape index (κ1) is 24.4. The maximum absolute atomic E-state index is 13.2. The number of nitrogens with zero attached hydrogens (tertiary/aromatic N) is 2. The zero-order valence-electron chi connectivity index (χ0n) is 15.9. The van der Waals surface area contributed by atoms with Crippen molar-refractivity contribution in [3.05, 3.63) is 51.0 Å². The van der Waals surface area contributed by atoms with Crippen molar-refractivity contribution in [1.82, 2.24) is 15.3 Å². The highest BCUT2D eigenvalue weighted by molar-refractivity contribution is 14.1. The van der Waals surface area contributed by atoms with E-state index in [1.54, 1.807) is 0 Å². The Hall–Kier alpha value is -1.89. The van der Waals surface area contributed by atoms with Gasteiger partial charge in [-0.2, -0.15) is 13.2 Å². The molecule has 1 fully saturated rings. The number of piperidine rings is 1. The maximum Gasteiger partial charge on any atom is 0.417 e. The van der Waals surface area contributed by atoms with Gasteiger partial charge in [-0.05, 0) is 53.8 Å². The summed E-state index contributed by atoms with van der Waals surface area (Å²) in [5.41, 5.74) is 0.563. The Bertz CT molecular complexity index is 846. The third-order valence-electron chi connectivity index (χ3n) is 4.21. The minimum Gasteiger partial charge on any atom is -0.369 e. The minimum absolute atomic E-state index is 0.188. The molecule has 3 heterocycles. The lowest BCUT2D eigenvalue weighted by Gasteiger charge is -2.30. The Morgan fingerprint density at radius 3 is 2.57 bits per heavy atom. The Kier molecular flexibility index (Phi) is 8.47. The number of carbonyl (C=O) groups is 1. The van der Waals surface area contributed by atoms with E-state index in [1.807, 2.05) is 19.1 Å². The van der Waals surface area contributed by atoms with E-state index >= 15 is 0 Å². The molecular weight excluding hydrogens is 522 g/mol. The van der Waals surface area contributed by atoms with Gasteiger partial charge in [-0.1, -0.05) is 0 Å². The summed E-state index contributed by atoms with van der Waals surface area (Å²) in [4.78, 5) is 17.9. The van der Waals surface area contributed by atoms with E-state index in [1.165, 1.54) is 6.07 Å². The molecule has 0 radical (unpaired) electrons. The van der Waals surface area contributed by atoms with Crippen molar-refractivity contribution in [2.45, 2.75) is 37.9 Å². The number of hydrogen-bond donors (Lipinski definition) is 2. The van der Waals surface area contributed by atoms with Crippen LogP contribution in [0.25, 0.3) is 0 Å². The summed E-state index contributed by atoms with van der Waals surface area (Å²) in [6, 6.07) is 5.42. The molecule has 1 unspecified atom stereocenters. The van der Waals surface area contributed by atoms with Crippen molar-refractivity contribution in [2.24, 2.45) is 0 Å². The maximum atomic E-state index is 13.2. The number of halogens is 6. The average molecular weight is 542 g/mol. The number of aldehydes is 1. The van der Waals surface area contributed by atoms with Crippen molar-refractivity contribution >= 4 is 34.7 Å². The van der Waals surface area contributed by atoms with E-state index in [9.17, 15) is 26.7 Å². The molecule has 30 heavy (non-hydrogen) atoms. The molecule has 164 valence electrons. The van der Waals surface area contributed by atoms with Crippen LogP contribution in [0.1, 0.15) is 34.6 Å².